The molecule has 0 fully saturated rings. The first-order chi connectivity index (χ1) is 11.8. The van der Waals surface area contributed by atoms with Crippen molar-refractivity contribution in [3.63, 3.8) is 0 Å². The second kappa shape index (κ2) is 6.37. The van der Waals surface area contributed by atoms with Crippen LogP contribution in [0.15, 0.2) is 55.0 Å². The van der Waals surface area contributed by atoms with Crippen molar-refractivity contribution in [3.05, 3.63) is 66.3 Å². The fourth-order valence-electron chi connectivity index (χ4n) is 3.11. The highest BCUT2D eigenvalue weighted by Crippen LogP contribution is 2.28. The van der Waals surface area contributed by atoms with E-state index in [2.05, 4.69) is 21.4 Å². The van der Waals surface area contributed by atoms with E-state index in [0.717, 1.165) is 41.8 Å². The van der Waals surface area contributed by atoms with Crippen LogP contribution < -0.4 is 5.32 Å². The molecule has 0 bridgehead atoms. The summed E-state index contributed by atoms with van der Waals surface area (Å²) >= 11 is 0. The van der Waals surface area contributed by atoms with Crippen LogP contribution in [-0.2, 0) is 6.42 Å². The van der Waals surface area contributed by atoms with Gasteiger partial charge in [0.1, 0.15) is 0 Å². The molecule has 0 amide bonds. The monoisotopic (exact) mass is 318 g/mol. The average molecular weight is 318 g/mol. The average Bonchev–Trinajstić information content (AvgIpc) is 3.03. The van der Waals surface area contributed by atoms with E-state index in [9.17, 15) is 4.79 Å². The van der Waals surface area contributed by atoms with Gasteiger partial charge >= 0.3 is 0 Å². The standard InChI is InChI=1S/C19H18N4O/c24-18(12-15-4-1-2-8-21-15)23-13-16(14-6-10-20-11-7-14)19-17(23)5-3-9-22-19/h1-6,8-9,13,20H,7,10-12H2. The molecule has 0 saturated heterocycles. The highest BCUT2D eigenvalue weighted by molar-refractivity contribution is 5.98. The van der Waals surface area contributed by atoms with E-state index in [0.29, 0.717) is 0 Å². The maximum absolute atomic E-state index is 12.8. The summed E-state index contributed by atoms with van der Waals surface area (Å²) in [6.45, 7) is 1.81. The minimum Gasteiger partial charge on any atom is -0.313 e. The molecular weight excluding hydrogens is 300 g/mol. The third kappa shape index (κ3) is 2.74. The van der Waals surface area contributed by atoms with Crippen molar-refractivity contribution < 1.29 is 4.79 Å². The van der Waals surface area contributed by atoms with E-state index in [1.165, 1.54) is 5.57 Å². The summed E-state index contributed by atoms with van der Waals surface area (Å²) in [6.07, 6.45) is 8.83. The molecule has 4 rings (SSSR count). The third-order valence-electron chi connectivity index (χ3n) is 4.30. The summed E-state index contributed by atoms with van der Waals surface area (Å²) in [5.41, 5.74) is 4.83. The molecule has 1 aliphatic rings. The molecule has 1 aliphatic heterocycles. The van der Waals surface area contributed by atoms with Gasteiger partial charge in [-0.2, -0.15) is 0 Å². The Balaban J connectivity index is 1.75. The van der Waals surface area contributed by atoms with Crippen LogP contribution in [0.5, 0.6) is 0 Å². The van der Waals surface area contributed by atoms with Crippen LogP contribution in [0.4, 0.5) is 0 Å². The van der Waals surface area contributed by atoms with Crippen LogP contribution in [0.2, 0.25) is 0 Å². The Morgan fingerprint density at radius 3 is 2.88 bits per heavy atom. The number of carbonyl (C=O) groups is 1. The van der Waals surface area contributed by atoms with Gasteiger partial charge in [-0.05, 0) is 42.8 Å². The van der Waals surface area contributed by atoms with Crippen LogP contribution in [0.3, 0.4) is 0 Å². The molecule has 0 aliphatic carbocycles. The van der Waals surface area contributed by atoms with Crippen molar-refractivity contribution in [1.82, 2.24) is 19.9 Å². The summed E-state index contributed by atoms with van der Waals surface area (Å²) in [5.74, 6) is 0.00693. The van der Waals surface area contributed by atoms with Crippen molar-refractivity contribution in [3.8, 4) is 0 Å². The molecular formula is C19H18N4O. The summed E-state index contributed by atoms with van der Waals surface area (Å²) in [5, 5.41) is 3.32. The molecule has 0 saturated carbocycles. The minimum atomic E-state index is 0.00693. The van der Waals surface area contributed by atoms with E-state index in [1.807, 2.05) is 36.5 Å². The fourth-order valence-corrected chi connectivity index (χ4v) is 3.11. The Bertz CT molecular complexity index is 912. The van der Waals surface area contributed by atoms with Crippen molar-refractivity contribution in [2.75, 3.05) is 13.1 Å². The normalized spacial score (nSPS) is 14.6. The molecule has 0 unspecified atom stereocenters. The first kappa shape index (κ1) is 14.8. The van der Waals surface area contributed by atoms with Crippen LogP contribution in [0, 0.1) is 0 Å². The van der Waals surface area contributed by atoms with Crippen molar-refractivity contribution in [2.24, 2.45) is 0 Å². The number of rotatable bonds is 3. The van der Waals surface area contributed by atoms with Crippen LogP contribution in [0.1, 0.15) is 22.5 Å². The van der Waals surface area contributed by atoms with Gasteiger partial charge in [-0.3, -0.25) is 19.3 Å². The van der Waals surface area contributed by atoms with E-state index in [1.54, 1.807) is 17.0 Å². The molecule has 0 aromatic carbocycles. The first-order valence-corrected chi connectivity index (χ1v) is 8.12. The number of carbonyl (C=O) groups excluding carboxylic acids is 1. The molecule has 4 heterocycles. The molecule has 120 valence electrons. The Morgan fingerprint density at radius 2 is 2.08 bits per heavy atom. The predicted molar refractivity (Wildman–Crippen MR) is 93.8 cm³/mol. The van der Waals surface area contributed by atoms with Crippen LogP contribution >= 0.6 is 0 Å². The first-order valence-electron chi connectivity index (χ1n) is 8.12. The second-order valence-corrected chi connectivity index (χ2v) is 5.86. The van der Waals surface area contributed by atoms with Gasteiger partial charge in [-0.1, -0.05) is 12.1 Å². The molecule has 0 atom stereocenters. The zero-order chi connectivity index (χ0) is 16.4. The zero-order valence-corrected chi connectivity index (χ0v) is 13.3. The Hall–Kier alpha value is -2.79. The van der Waals surface area contributed by atoms with Crippen molar-refractivity contribution in [1.29, 1.82) is 0 Å². The lowest BCUT2D eigenvalue weighted by atomic mass is 10.0. The lowest BCUT2D eigenvalue weighted by Gasteiger charge is -2.12. The lowest BCUT2D eigenvalue weighted by Crippen LogP contribution is -2.20. The molecule has 5 nitrogen and oxygen atoms in total. The number of pyridine rings is 2. The number of nitrogens with one attached hydrogen (secondary N) is 1. The lowest BCUT2D eigenvalue weighted by molar-refractivity contribution is 0.0918. The van der Waals surface area contributed by atoms with E-state index in [-0.39, 0.29) is 12.3 Å². The molecule has 0 radical (unpaired) electrons. The summed E-state index contributed by atoms with van der Waals surface area (Å²) in [7, 11) is 0. The van der Waals surface area contributed by atoms with Gasteiger partial charge in [0.05, 0.1) is 17.5 Å². The maximum atomic E-state index is 12.8. The van der Waals surface area contributed by atoms with Crippen molar-refractivity contribution >= 4 is 22.5 Å². The maximum Gasteiger partial charge on any atom is 0.237 e. The van der Waals surface area contributed by atoms with E-state index < -0.39 is 0 Å². The van der Waals surface area contributed by atoms with Gasteiger partial charge in [-0.25, -0.2) is 0 Å². The van der Waals surface area contributed by atoms with Crippen molar-refractivity contribution in [2.45, 2.75) is 12.8 Å². The van der Waals surface area contributed by atoms with Gasteiger partial charge in [0.25, 0.3) is 0 Å². The van der Waals surface area contributed by atoms with Gasteiger partial charge in [0, 0.05) is 36.4 Å². The van der Waals surface area contributed by atoms with Gasteiger partial charge in [0.15, 0.2) is 0 Å². The van der Waals surface area contributed by atoms with Crippen LogP contribution in [-0.4, -0.2) is 33.5 Å². The zero-order valence-electron chi connectivity index (χ0n) is 13.3. The molecule has 5 heteroatoms. The summed E-state index contributed by atoms with van der Waals surface area (Å²) < 4.78 is 1.72. The van der Waals surface area contributed by atoms with E-state index >= 15 is 0 Å². The fraction of sp³-hybridized carbons (Fsp3) is 0.211. The number of hydrogen-bond donors (Lipinski definition) is 1. The Morgan fingerprint density at radius 1 is 1.17 bits per heavy atom. The van der Waals surface area contributed by atoms with E-state index in [4.69, 9.17) is 0 Å². The largest absolute Gasteiger partial charge is 0.313 e. The summed E-state index contributed by atoms with van der Waals surface area (Å²) in [6, 6.07) is 9.44. The second-order valence-electron chi connectivity index (χ2n) is 5.86. The SMILES string of the molecule is O=C(Cc1ccccn1)n1cc(C2=CCNCC2)c2ncccc21. The van der Waals surface area contributed by atoms with Gasteiger partial charge in [0.2, 0.25) is 5.91 Å². The quantitative estimate of drug-likeness (QED) is 0.806. The Labute approximate surface area is 140 Å². The number of aromatic nitrogens is 3. The highest BCUT2D eigenvalue weighted by atomic mass is 16.2. The third-order valence-corrected chi connectivity index (χ3v) is 4.30. The predicted octanol–water partition coefficient (Wildman–Crippen LogP) is 2.69. The highest BCUT2D eigenvalue weighted by Gasteiger charge is 2.18. The number of hydrogen-bond acceptors (Lipinski definition) is 4. The molecule has 3 aromatic heterocycles. The van der Waals surface area contributed by atoms with Crippen LogP contribution in [0.25, 0.3) is 16.6 Å². The molecule has 0 spiro atoms. The van der Waals surface area contributed by atoms with Gasteiger partial charge in [-0.15, -0.1) is 0 Å². The molecule has 1 N–H and O–H groups in total. The number of nitrogens with zero attached hydrogens (tertiary/aromatic N) is 3. The smallest absolute Gasteiger partial charge is 0.237 e. The minimum absolute atomic E-state index is 0.00693. The molecule has 24 heavy (non-hydrogen) atoms. The topological polar surface area (TPSA) is 59.8 Å². The number of fused-ring (bicyclic) bond motifs is 1. The molecule has 3 aromatic rings. The van der Waals surface area contributed by atoms with Gasteiger partial charge < -0.3 is 5.32 Å². The summed E-state index contributed by atoms with van der Waals surface area (Å²) in [4.78, 5) is 21.6. The Kier molecular flexibility index (Phi) is 3.92.